The quantitative estimate of drug-likeness (QED) is 0.164. The van der Waals surface area contributed by atoms with Crippen molar-refractivity contribution < 1.29 is 27.2 Å². The molecule has 3 aromatic carbocycles. The summed E-state index contributed by atoms with van der Waals surface area (Å²) in [5.74, 6) is -0.120. The number of ether oxygens (including phenoxy) is 1. The molecule has 1 amide bonds. The molecule has 10 heteroatoms. The molecule has 0 fully saturated rings. The molecule has 40 heavy (non-hydrogen) atoms. The Morgan fingerprint density at radius 3 is 2.35 bits per heavy atom. The predicted octanol–water partition coefficient (Wildman–Crippen LogP) is 5.09. The van der Waals surface area contributed by atoms with Gasteiger partial charge in [-0.1, -0.05) is 36.4 Å². The van der Waals surface area contributed by atoms with Crippen molar-refractivity contribution in [2.75, 3.05) is 17.5 Å². The summed E-state index contributed by atoms with van der Waals surface area (Å²) in [7, 11) is -4.02. The molecule has 1 heterocycles. The van der Waals surface area contributed by atoms with Crippen LogP contribution in [0.4, 0.5) is 5.69 Å². The summed E-state index contributed by atoms with van der Waals surface area (Å²) >= 11 is 0. The average molecular weight is 560 g/mol. The van der Waals surface area contributed by atoms with Crippen LogP contribution >= 0.6 is 0 Å². The molecule has 0 bridgehead atoms. The lowest BCUT2D eigenvalue weighted by Crippen LogP contribution is -2.39. The van der Waals surface area contributed by atoms with E-state index >= 15 is 0 Å². The van der Waals surface area contributed by atoms with Gasteiger partial charge in [-0.15, -0.1) is 0 Å². The lowest BCUT2D eigenvalue weighted by Gasteiger charge is -2.24. The number of hydrogen-bond donors (Lipinski definition) is 1. The molecule has 0 aliphatic heterocycles. The zero-order chi connectivity index (χ0) is 28.7. The second kappa shape index (κ2) is 12.4. The van der Waals surface area contributed by atoms with Crippen LogP contribution in [0.25, 0.3) is 11.3 Å². The van der Waals surface area contributed by atoms with E-state index in [-0.39, 0.29) is 4.90 Å². The fourth-order valence-electron chi connectivity index (χ4n) is 3.81. The largest absolute Gasteiger partial charge is 0.462 e. The first kappa shape index (κ1) is 28.3. The van der Waals surface area contributed by atoms with Gasteiger partial charge in [0.1, 0.15) is 18.1 Å². The maximum atomic E-state index is 13.5. The van der Waals surface area contributed by atoms with Crippen LogP contribution in [0.15, 0.2) is 99.3 Å². The van der Waals surface area contributed by atoms with Gasteiger partial charge in [-0.2, -0.15) is 5.10 Å². The topological polar surface area (TPSA) is 118 Å². The van der Waals surface area contributed by atoms with Crippen molar-refractivity contribution in [1.82, 2.24) is 5.43 Å². The van der Waals surface area contributed by atoms with E-state index in [1.165, 1.54) is 18.3 Å². The van der Waals surface area contributed by atoms with Crippen molar-refractivity contribution in [1.29, 1.82) is 0 Å². The predicted molar refractivity (Wildman–Crippen MR) is 153 cm³/mol. The summed E-state index contributed by atoms with van der Waals surface area (Å²) in [6.07, 6.45) is 1.32. The second-order valence-electron chi connectivity index (χ2n) is 8.89. The molecule has 0 radical (unpaired) electrons. The Labute approximate surface area is 233 Å². The number of sulfonamides is 1. The van der Waals surface area contributed by atoms with Gasteiger partial charge in [0, 0.05) is 5.56 Å². The molecule has 0 saturated carbocycles. The first-order valence-corrected chi connectivity index (χ1v) is 14.0. The van der Waals surface area contributed by atoms with Crippen LogP contribution in [0.1, 0.15) is 34.2 Å². The standard InChI is InChI=1S/C30H29N3O6S/c1-4-38-30(35)24-13-11-23(12-14-24)28-17-16-26(39-28)19-31-32-29(34)20-33(25-15-10-21(2)22(3)18-25)40(36,37)27-8-6-5-7-9-27/h5-19H,4,20H2,1-3H3,(H,32,34)/b31-19-. The van der Waals surface area contributed by atoms with Gasteiger partial charge in [-0.3, -0.25) is 9.10 Å². The fourth-order valence-corrected chi connectivity index (χ4v) is 5.25. The Bertz CT molecular complexity index is 1630. The van der Waals surface area contributed by atoms with Gasteiger partial charge in [0.05, 0.1) is 29.0 Å². The summed E-state index contributed by atoms with van der Waals surface area (Å²) in [6, 6.07) is 23.3. The molecule has 0 saturated heterocycles. The summed E-state index contributed by atoms with van der Waals surface area (Å²) in [6.45, 7) is 5.37. The Balaban J connectivity index is 1.46. The number of hydrogen-bond acceptors (Lipinski definition) is 7. The van der Waals surface area contributed by atoms with E-state index in [2.05, 4.69) is 10.5 Å². The van der Waals surface area contributed by atoms with E-state index in [1.807, 2.05) is 19.9 Å². The minimum absolute atomic E-state index is 0.0722. The number of hydrazone groups is 1. The van der Waals surface area contributed by atoms with E-state index in [9.17, 15) is 18.0 Å². The molecule has 1 aromatic heterocycles. The summed E-state index contributed by atoms with van der Waals surface area (Å²) in [4.78, 5) is 24.7. The lowest BCUT2D eigenvalue weighted by molar-refractivity contribution is -0.119. The van der Waals surface area contributed by atoms with Gasteiger partial charge in [-0.25, -0.2) is 18.6 Å². The second-order valence-corrected chi connectivity index (χ2v) is 10.7. The molecular formula is C30H29N3O6S. The van der Waals surface area contributed by atoms with Crippen LogP contribution in [-0.2, 0) is 19.6 Å². The van der Waals surface area contributed by atoms with E-state index in [1.54, 1.807) is 73.7 Å². The number of furan rings is 1. The van der Waals surface area contributed by atoms with Gasteiger partial charge < -0.3 is 9.15 Å². The van der Waals surface area contributed by atoms with Gasteiger partial charge in [-0.05, 0) is 80.4 Å². The number of nitrogens with one attached hydrogen (secondary N) is 1. The third kappa shape index (κ3) is 6.65. The van der Waals surface area contributed by atoms with Crippen LogP contribution in [0.2, 0.25) is 0 Å². The first-order chi connectivity index (χ1) is 19.2. The number of carbonyl (C=O) groups excluding carboxylic acids is 2. The molecule has 206 valence electrons. The van der Waals surface area contributed by atoms with Crippen molar-refractivity contribution in [3.63, 3.8) is 0 Å². The highest BCUT2D eigenvalue weighted by Gasteiger charge is 2.27. The first-order valence-electron chi connectivity index (χ1n) is 12.5. The molecule has 4 rings (SSSR count). The minimum Gasteiger partial charge on any atom is -0.462 e. The van der Waals surface area contributed by atoms with Crippen molar-refractivity contribution in [3.8, 4) is 11.3 Å². The monoisotopic (exact) mass is 559 g/mol. The van der Waals surface area contributed by atoms with Crippen molar-refractivity contribution in [2.45, 2.75) is 25.7 Å². The van der Waals surface area contributed by atoms with Gasteiger partial charge in [0.15, 0.2) is 0 Å². The van der Waals surface area contributed by atoms with E-state index < -0.39 is 28.4 Å². The van der Waals surface area contributed by atoms with Crippen molar-refractivity contribution in [2.24, 2.45) is 5.10 Å². The molecule has 0 aliphatic rings. The number of carbonyl (C=O) groups is 2. The number of anilines is 1. The number of aryl methyl sites for hydroxylation is 2. The third-order valence-corrected chi connectivity index (χ3v) is 7.87. The van der Waals surface area contributed by atoms with Crippen LogP contribution in [-0.4, -0.2) is 39.7 Å². The number of nitrogens with zero attached hydrogens (tertiary/aromatic N) is 2. The molecule has 0 aliphatic carbocycles. The highest BCUT2D eigenvalue weighted by Crippen LogP contribution is 2.26. The smallest absolute Gasteiger partial charge is 0.338 e. The van der Waals surface area contributed by atoms with Gasteiger partial charge >= 0.3 is 5.97 Å². The normalized spacial score (nSPS) is 11.4. The summed E-state index contributed by atoms with van der Waals surface area (Å²) in [5.41, 5.74) is 5.82. The van der Waals surface area contributed by atoms with Crippen LogP contribution in [0, 0.1) is 13.8 Å². The molecule has 1 N–H and O–H groups in total. The minimum atomic E-state index is -4.02. The maximum Gasteiger partial charge on any atom is 0.338 e. The molecule has 0 atom stereocenters. The van der Waals surface area contributed by atoms with Gasteiger partial charge in [0.2, 0.25) is 0 Å². The molecule has 9 nitrogen and oxygen atoms in total. The van der Waals surface area contributed by atoms with Crippen molar-refractivity contribution in [3.05, 3.63) is 107 Å². The van der Waals surface area contributed by atoms with E-state index in [4.69, 9.17) is 9.15 Å². The van der Waals surface area contributed by atoms with Crippen LogP contribution in [0.3, 0.4) is 0 Å². The third-order valence-electron chi connectivity index (χ3n) is 6.09. The Morgan fingerprint density at radius 1 is 0.950 bits per heavy atom. The number of amides is 1. The van der Waals surface area contributed by atoms with Gasteiger partial charge in [0.25, 0.3) is 15.9 Å². The van der Waals surface area contributed by atoms with E-state index in [0.29, 0.717) is 29.4 Å². The highest BCUT2D eigenvalue weighted by molar-refractivity contribution is 7.92. The maximum absolute atomic E-state index is 13.5. The Morgan fingerprint density at radius 2 is 1.68 bits per heavy atom. The fraction of sp³-hybridized carbons (Fsp3) is 0.167. The number of benzene rings is 3. The Kier molecular flexibility index (Phi) is 8.80. The zero-order valence-electron chi connectivity index (χ0n) is 22.3. The number of rotatable bonds is 10. The van der Waals surface area contributed by atoms with E-state index in [0.717, 1.165) is 21.0 Å². The molecule has 0 spiro atoms. The number of esters is 1. The molecule has 0 unspecified atom stereocenters. The highest BCUT2D eigenvalue weighted by atomic mass is 32.2. The molecular weight excluding hydrogens is 530 g/mol. The van der Waals surface area contributed by atoms with Crippen LogP contribution in [0.5, 0.6) is 0 Å². The average Bonchev–Trinajstić information content (AvgIpc) is 3.43. The van der Waals surface area contributed by atoms with Crippen molar-refractivity contribution >= 4 is 33.8 Å². The summed E-state index contributed by atoms with van der Waals surface area (Å²) in [5, 5.41) is 3.94. The zero-order valence-corrected chi connectivity index (χ0v) is 23.1. The lowest BCUT2D eigenvalue weighted by atomic mass is 10.1. The SMILES string of the molecule is CCOC(=O)c1ccc(-c2ccc(/C=N\NC(=O)CN(c3ccc(C)c(C)c3)S(=O)(=O)c3ccccc3)o2)cc1. The molecule has 4 aromatic rings. The summed E-state index contributed by atoms with van der Waals surface area (Å²) < 4.78 is 38.7. The Hall–Kier alpha value is -4.70. The van der Waals surface area contributed by atoms with Crippen LogP contribution < -0.4 is 9.73 Å².